The standard InChI is InChI=1S/C19H17BrF5NO2S/c1-9(2)7-10-11(8-29-13-6-4-3-5-12(13)20)16(19(23,24)25)26-15(17(21)22)14(10)18(27)28/h3-6,9,17H,7-8H2,1-2H3,(H,27,28). The molecule has 1 aromatic carbocycles. The largest absolute Gasteiger partial charge is 0.478 e. The molecule has 0 bridgehead atoms. The highest BCUT2D eigenvalue weighted by molar-refractivity contribution is 9.10. The third-order valence-corrected chi connectivity index (χ3v) is 6.00. The summed E-state index contributed by atoms with van der Waals surface area (Å²) in [5.74, 6) is -2.24. The minimum Gasteiger partial charge on any atom is -0.478 e. The van der Waals surface area contributed by atoms with Gasteiger partial charge in [0.2, 0.25) is 0 Å². The van der Waals surface area contributed by atoms with Gasteiger partial charge in [-0.3, -0.25) is 0 Å². The number of alkyl halides is 5. The number of hydrogen-bond acceptors (Lipinski definition) is 3. The molecule has 2 aromatic rings. The molecule has 0 aliphatic heterocycles. The fraction of sp³-hybridized carbons (Fsp3) is 0.368. The number of thioether (sulfide) groups is 1. The van der Waals surface area contributed by atoms with Gasteiger partial charge in [-0.15, -0.1) is 11.8 Å². The average Bonchev–Trinajstić information content (AvgIpc) is 2.59. The van der Waals surface area contributed by atoms with Gasteiger partial charge >= 0.3 is 12.1 Å². The summed E-state index contributed by atoms with van der Waals surface area (Å²) in [7, 11) is 0. The van der Waals surface area contributed by atoms with Crippen LogP contribution < -0.4 is 0 Å². The van der Waals surface area contributed by atoms with Crippen molar-refractivity contribution < 1.29 is 31.9 Å². The number of carboxylic acids is 1. The maximum atomic E-state index is 13.7. The number of aromatic carboxylic acids is 1. The third-order valence-electron chi connectivity index (χ3n) is 3.95. The van der Waals surface area contributed by atoms with Crippen molar-refractivity contribution in [2.45, 2.75) is 43.5 Å². The second-order valence-electron chi connectivity index (χ2n) is 6.60. The molecule has 10 heteroatoms. The molecule has 0 amide bonds. The van der Waals surface area contributed by atoms with E-state index < -0.39 is 35.5 Å². The molecule has 0 atom stereocenters. The van der Waals surface area contributed by atoms with Gasteiger partial charge < -0.3 is 5.11 Å². The molecule has 0 saturated heterocycles. The van der Waals surface area contributed by atoms with Gasteiger partial charge in [-0.05, 0) is 51.5 Å². The van der Waals surface area contributed by atoms with Gasteiger partial charge in [-0.1, -0.05) is 26.0 Å². The molecule has 0 aliphatic rings. The van der Waals surface area contributed by atoms with Crippen molar-refractivity contribution in [2.24, 2.45) is 5.92 Å². The van der Waals surface area contributed by atoms with E-state index in [0.29, 0.717) is 9.37 Å². The number of hydrogen-bond donors (Lipinski definition) is 1. The van der Waals surface area contributed by atoms with E-state index in [1.54, 1.807) is 38.1 Å². The summed E-state index contributed by atoms with van der Waals surface area (Å²) >= 11 is 4.34. The van der Waals surface area contributed by atoms with E-state index in [-0.39, 0.29) is 29.2 Å². The molecule has 158 valence electrons. The van der Waals surface area contributed by atoms with E-state index in [9.17, 15) is 31.9 Å². The highest BCUT2D eigenvalue weighted by Gasteiger charge is 2.40. The molecule has 1 aromatic heterocycles. The number of rotatable bonds is 7. The lowest BCUT2D eigenvalue weighted by Gasteiger charge is -2.22. The van der Waals surface area contributed by atoms with Crippen LogP contribution in [-0.2, 0) is 18.3 Å². The molecule has 0 spiro atoms. The monoisotopic (exact) mass is 497 g/mol. The molecule has 0 radical (unpaired) electrons. The van der Waals surface area contributed by atoms with E-state index in [1.807, 2.05) is 0 Å². The Morgan fingerprint density at radius 3 is 2.31 bits per heavy atom. The van der Waals surface area contributed by atoms with Crippen LogP contribution in [0, 0.1) is 5.92 Å². The predicted octanol–water partition coefficient (Wildman–Crippen LogP) is 6.99. The van der Waals surface area contributed by atoms with Gasteiger partial charge in [0.1, 0.15) is 11.4 Å². The third kappa shape index (κ3) is 5.69. The highest BCUT2D eigenvalue weighted by atomic mass is 79.9. The summed E-state index contributed by atoms with van der Waals surface area (Å²) in [5.41, 5.74) is -4.29. The molecular weight excluding hydrogens is 481 g/mol. The smallest absolute Gasteiger partial charge is 0.433 e. The minimum atomic E-state index is -5.00. The van der Waals surface area contributed by atoms with Crippen molar-refractivity contribution in [3.8, 4) is 0 Å². The number of aromatic nitrogens is 1. The van der Waals surface area contributed by atoms with Crippen molar-refractivity contribution in [1.29, 1.82) is 0 Å². The Balaban J connectivity index is 2.74. The Hall–Kier alpha value is -1.68. The molecule has 2 rings (SSSR count). The van der Waals surface area contributed by atoms with Crippen LogP contribution in [0.1, 0.15) is 53.1 Å². The van der Waals surface area contributed by atoms with Crippen molar-refractivity contribution in [2.75, 3.05) is 0 Å². The van der Waals surface area contributed by atoms with Crippen LogP contribution in [0.3, 0.4) is 0 Å². The molecule has 0 aliphatic carbocycles. The lowest BCUT2D eigenvalue weighted by molar-refractivity contribution is -0.142. The summed E-state index contributed by atoms with van der Waals surface area (Å²) in [4.78, 5) is 15.4. The van der Waals surface area contributed by atoms with Gasteiger partial charge in [-0.2, -0.15) is 13.2 Å². The van der Waals surface area contributed by atoms with Gasteiger partial charge in [-0.25, -0.2) is 18.6 Å². The fourth-order valence-corrected chi connectivity index (χ4v) is 4.44. The quantitative estimate of drug-likeness (QED) is 0.330. The first-order valence-corrected chi connectivity index (χ1v) is 10.2. The Labute approximate surface area is 176 Å². The summed E-state index contributed by atoms with van der Waals surface area (Å²) in [5, 5.41) is 9.49. The van der Waals surface area contributed by atoms with Crippen molar-refractivity contribution >= 4 is 33.7 Å². The molecule has 1 heterocycles. The topological polar surface area (TPSA) is 50.2 Å². The number of pyridine rings is 1. The van der Waals surface area contributed by atoms with Crippen LogP contribution >= 0.6 is 27.7 Å². The lowest BCUT2D eigenvalue weighted by Crippen LogP contribution is -2.21. The number of nitrogens with zero attached hydrogens (tertiary/aromatic N) is 1. The fourth-order valence-electron chi connectivity index (χ4n) is 2.82. The molecular formula is C19H17BrF5NO2S. The maximum Gasteiger partial charge on any atom is 0.433 e. The van der Waals surface area contributed by atoms with Crippen LogP contribution in [-0.4, -0.2) is 16.1 Å². The molecule has 0 unspecified atom stereocenters. The molecule has 0 saturated carbocycles. The first-order chi connectivity index (χ1) is 13.4. The van der Waals surface area contributed by atoms with Gasteiger partial charge in [0.15, 0.2) is 0 Å². The molecule has 3 nitrogen and oxygen atoms in total. The second-order valence-corrected chi connectivity index (χ2v) is 8.47. The van der Waals surface area contributed by atoms with Crippen molar-refractivity contribution in [3.63, 3.8) is 0 Å². The molecule has 29 heavy (non-hydrogen) atoms. The van der Waals surface area contributed by atoms with Crippen LogP contribution in [0.5, 0.6) is 0 Å². The van der Waals surface area contributed by atoms with Gasteiger partial charge in [0.25, 0.3) is 6.43 Å². The van der Waals surface area contributed by atoms with Crippen LogP contribution in [0.25, 0.3) is 0 Å². The highest BCUT2D eigenvalue weighted by Crippen LogP contribution is 2.40. The minimum absolute atomic E-state index is 0.0984. The Bertz CT molecular complexity index is 903. The first kappa shape index (κ1) is 23.6. The van der Waals surface area contributed by atoms with Gasteiger partial charge in [0.05, 0.1) is 5.56 Å². The van der Waals surface area contributed by atoms with E-state index in [4.69, 9.17) is 0 Å². The zero-order valence-electron chi connectivity index (χ0n) is 15.4. The number of carbonyl (C=O) groups is 1. The zero-order valence-corrected chi connectivity index (χ0v) is 17.8. The summed E-state index contributed by atoms with van der Waals surface area (Å²) < 4.78 is 68.5. The average molecular weight is 498 g/mol. The lowest BCUT2D eigenvalue weighted by atomic mass is 9.91. The van der Waals surface area contributed by atoms with Gasteiger partial charge in [0, 0.05) is 15.1 Å². The molecule has 0 fully saturated rings. The Kier molecular flexibility index (Phi) is 7.67. The van der Waals surface area contributed by atoms with Crippen LogP contribution in [0.4, 0.5) is 22.0 Å². The van der Waals surface area contributed by atoms with Crippen molar-refractivity contribution in [3.05, 3.63) is 56.8 Å². The Morgan fingerprint density at radius 1 is 1.21 bits per heavy atom. The SMILES string of the molecule is CC(C)Cc1c(CSc2ccccc2Br)c(C(F)(F)F)nc(C(F)F)c1C(=O)O. The predicted molar refractivity (Wildman–Crippen MR) is 103 cm³/mol. The number of benzene rings is 1. The van der Waals surface area contributed by atoms with Crippen LogP contribution in [0.2, 0.25) is 0 Å². The van der Waals surface area contributed by atoms with E-state index in [2.05, 4.69) is 20.9 Å². The van der Waals surface area contributed by atoms with E-state index in [1.165, 1.54) is 0 Å². The zero-order chi connectivity index (χ0) is 21.9. The van der Waals surface area contributed by atoms with Crippen LogP contribution in [0.15, 0.2) is 33.6 Å². The van der Waals surface area contributed by atoms with Crippen molar-refractivity contribution in [1.82, 2.24) is 4.98 Å². The van der Waals surface area contributed by atoms with E-state index in [0.717, 1.165) is 11.8 Å². The Morgan fingerprint density at radius 2 is 1.83 bits per heavy atom. The summed E-state index contributed by atoms with van der Waals surface area (Å²) in [6, 6.07) is 6.83. The summed E-state index contributed by atoms with van der Waals surface area (Å²) in [6.45, 7) is 3.35. The summed E-state index contributed by atoms with van der Waals surface area (Å²) in [6.07, 6.45) is -8.55. The second kappa shape index (κ2) is 9.42. The number of halogens is 6. The van der Waals surface area contributed by atoms with E-state index >= 15 is 0 Å². The first-order valence-electron chi connectivity index (χ1n) is 8.45. The normalized spacial score (nSPS) is 12.1. The maximum absolute atomic E-state index is 13.7. The number of carboxylic acid groups (broad SMARTS) is 1. The molecule has 1 N–H and O–H groups in total.